The van der Waals surface area contributed by atoms with Crippen LogP contribution in [0.15, 0.2) is 164 Å². The lowest BCUT2D eigenvalue weighted by atomic mass is 9.83. The molecule has 1 heterocycles. The summed E-state index contributed by atoms with van der Waals surface area (Å²) in [6, 6.07) is 43.1. The van der Waals surface area contributed by atoms with Crippen molar-refractivity contribution in [2.24, 2.45) is 0 Å². The van der Waals surface area contributed by atoms with Gasteiger partial charge in [-0.05, 0) is 123 Å². The molecule has 0 bridgehead atoms. The van der Waals surface area contributed by atoms with Crippen molar-refractivity contribution in [3.8, 4) is 57.4 Å². The Hall–Kier alpha value is -6.75. The number of allylic oxidation sites excluding steroid dienone is 7. The van der Waals surface area contributed by atoms with Gasteiger partial charge in [0, 0.05) is 17.4 Å². The molecular weight excluding hydrogens is 687 g/mol. The van der Waals surface area contributed by atoms with Crippen molar-refractivity contribution in [1.29, 1.82) is 0 Å². The van der Waals surface area contributed by atoms with Gasteiger partial charge in [0.1, 0.15) is 0 Å². The van der Waals surface area contributed by atoms with Crippen LogP contribution >= 0.6 is 0 Å². The standard InChI is InChI=1S/C54H45N.C2H2/c1-3-4-5-6-7-8-9-11-17-38-18-16-19-44(33-38)54-47-21-13-10-12-20-45(47)53(46-22-14-15-23-48(46)54)40-28-26-39(27-29-40)41-30-31-43-34-50-49-32-37(2)24-25-42(49)36-52(50)55-51(43)35-41;1-2/h3,7-9,11-16,18-35H,1,4-6,10,17,36H2,2H3;1-2H/b8-7-,11-9-;. The summed E-state index contributed by atoms with van der Waals surface area (Å²) in [5, 5.41) is 3.74. The van der Waals surface area contributed by atoms with Crippen molar-refractivity contribution in [2.75, 3.05) is 0 Å². The molecule has 0 saturated carbocycles. The van der Waals surface area contributed by atoms with Gasteiger partial charge >= 0.3 is 0 Å². The van der Waals surface area contributed by atoms with E-state index in [-0.39, 0.29) is 0 Å². The molecule has 7 aromatic rings. The Balaban J connectivity index is 0.00000224. The van der Waals surface area contributed by atoms with Gasteiger partial charge in [0.15, 0.2) is 0 Å². The number of unbranched alkanes of at least 4 members (excludes halogenated alkanes) is 2. The second kappa shape index (κ2) is 16.9. The number of fused-ring (bicyclic) bond motifs is 6. The molecule has 0 aliphatic heterocycles. The predicted octanol–water partition coefficient (Wildman–Crippen LogP) is 15.0. The number of hydrogen-bond donors (Lipinski definition) is 0. The zero-order valence-corrected chi connectivity index (χ0v) is 32.7. The molecule has 0 saturated heterocycles. The van der Waals surface area contributed by atoms with Crippen molar-refractivity contribution in [3.05, 3.63) is 198 Å². The highest BCUT2D eigenvalue weighted by Crippen LogP contribution is 2.45. The third kappa shape index (κ3) is 7.60. The van der Waals surface area contributed by atoms with Crippen LogP contribution in [0, 0.1) is 19.8 Å². The fourth-order valence-corrected chi connectivity index (χ4v) is 8.45. The van der Waals surface area contributed by atoms with Crippen molar-refractivity contribution >= 4 is 33.8 Å². The van der Waals surface area contributed by atoms with E-state index >= 15 is 0 Å². The number of hydrogen-bond acceptors (Lipinski definition) is 1. The molecule has 2 aliphatic rings. The molecule has 0 atom stereocenters. The average Bonchev–Trinajstić information content (AvgIpc) is 3.41. The second-order valence-corrected chi connectivity index (χ2v) is 14.9. The van der Waals surface area contributed by atoms with Crippen molar-refractivity contribution in [2.45, 2.75) is 45.4 Å². The minimum atomic E-state index is 0.897. The summed E-state index contributed by atoms with van der Waals surface area (Å²) in [4.78, 5) is 5.19. The number of pyridine rings is 1. The highest BCUT2D eigenvalue weighted by molar-refractivity contribution is 6.12. The summed E-state index contributed by atoms with van der Waals surface area (Å²) < 4.78 is 0. The Morgan fingerprint density at radius 1 is 0.649 bits per heavy atom. The molecule has 57 heavy (non-hydrogen) atoms. The first-order chi connectivity index (χ1) is 28.1. The van der Waals surface area contributed by atoms with Crippen LogP contribution in [0.2, 0.25) is 0 Å². The summed E-state index contributed by atoms with van der Waals surface area (Å²) in [5.74, 6) is 0. The first-order valence-electron chi connectivity index (χ1n) is 20.1. The van der Waals surface area contributed by atoms with E-state index in [9.17, 15) is 0 Å². The molecule has 9 rings (SSSR count). The van der Waals surface area contributed by atoms with Crippen LogP contribution in [0.25, 0.3) is 78.3 Å². The zero-order chi connectivity index (χ0) is 39.1. The van der Waals surface area contributed by atoms with Gasteiger partial charge in [0.05, 0.1) is 11.2 Å². The van der Waals surface area contributed by atoms with Crippen LogP contribution in [0.1, 0.15) is 59.2 Å². The molecular formula is C56H47N. The molecule has 6 aromatic carbocycles. The molecule has 0 N–H and O–H groups in total. The maximum Gasteiger partial charge on any atom is 0.0712 e. The van der Waals surface area contributed by atoms with Crippen LogP contribution in [0.4, 0.5) is 0 Å². The smallest absolute Gasteiger partial charge is 0.0712 e. The normalized spacial score (nSPS) is 12.7. The molecule has 0 amide bonds. The van der Waals surface area contributed by atoms with Gasteiger partial charge in [0.2, 0.25) is 0 Å². The Kier molecular flexibility index (Phi) is 11.1. The Labute approximate surface area is 338 Å². The summed E-state index contributed by atoms with van der Waals surface area (Å²) >= 11 is 0. The summed E-state index contributed by atoms with van der Waals surface area (Å²) in [6.07, 6.45) is 34.2. The molecule has 0 radical (unpaired) electrons. The summed E-state index contributed by atoms with van der Waals surface area (Å²) in [5.41, 5.74) is 18.9. The first kappa shape index (κ1) is 37.2. The van der Waals surface area contributed by atoms with Gasteiger partial charge in [-0.3, -0.25) is 4.98 Å². The minimum absolute atomic E-state index is 0.897. The van der Waals surface area contributed by atoms with E-state index in [1.807, 2.05) is 6.08 Å². The third-order valence-electron chi connectivity index (χ3n) is 11.2. The molecule has 0 spiro atoms. The molecule has 0 fully saturated rings. The zero-order valence-electron chi connectivity index (χ0n) is 32.7. The molecule has 2 aliphatic carbocycles. The van der Waals surface area contributed by atoms with Crippen LogP contribution in [-0.2, 0) is 12.8 Å². The highest BCUT2D eigenvalue weighted by Gasteiger charge is 2.22. The van der Waals surface area contributed by atoms with Crippen molar-refractivity contribution in [1.82, 2.24) is 4.98 Å². The second-order valence-electron chi connectivity index (χ2n) is 14.9. The summed E-state index contributed by atoms with van der Waals surface area (Å²) in [7, 11) is 0. The minimum Gasteiger partial charge on any atom is -0.252 e. The molecule has 0 unspecified atom stereocenters. The number of nitrogens with zero attached hydrogens (tertiary/aromatic N) is 1. The molecule has 1 heteroatoms. The first-order valence-corrected chi connectivity index (χ1v) is 20.1. The largest absolute Gasteiger partial charge is 0.252 e. The van der Waals surface area contributed by atoms with E-state index in [1.54, 1.807) is 0 Å². The lowest BCUT2D eigenvalue weighted by molar-refractivity contribution is 0.870. The van der Waals surface area contributed by atoms with Crippen molar-refractivity contribution < 1.29 is 0 Å². The lowest BCUT2D eigenvalue weighted by Crippen LogP contribution is -1.96. The fraction of sp³-hybridized carbons (Fsp3) is 0.125. The quantitative estimate of drug-likeness (QED) is 0.0590. The highest BCUT2D eigenvalue weighted by atomic mass is 14.7. The van der Waals surface area contributed by atoms with Gasteiger partial charge in [-0.1, -0.05) is 163 Å². The lowest BCUT2D eigenvalue weighted by Gasteiger charge is -2.20. The van der Waals surface area contributed by atoms with E-state index < -0.39 is 0 Å². The average molecular weight is 734 g/mol. The topological polar surface area (TPSA) is 12.9 Å². The number of benzene rings is 6. The third-order valence-corrected chi connectivity index (χ3v) is 11.2. The van der Waals surface area contributed by atoms with Gasteiger partial charge in [0.25, 0.3) is 0 Å². The van der Waals surface area contributed by atoms with E-state index in [2.05, 4.69) is 190 Å². The number of aromatic nitrogens is 1. The monoisotopic (exact) mass is 733 g/mol. The van der Waals surface area contributed by atoms with E-state index in [4.69, 9.17) is 4.98 Å². The number of aryl methyl sites for hydroxylation is 1. The van der Waals surface area contributed by atoms with Crippen LogP contribution in [0.5, 0.6) is 0 Å². The van der Waals surface area contributed by atoms with Crippen LogP contribution < -0.4 is 0 Å². The molecule has 1 nitrogen and oxygen atoms in total. The van der Waals surface area contributed by atoms with E-state index in [0.717, 1.165) is 44.0 Å². The molecule has 276 valence electrons. The summed E-state index contributed by atoms with van der Waals surface area (Å²) in [6.45, 7) is 5.98. The Morgan fingerprint density at radius 2 is 1.37 bits per heavy atom. The SMILES string of the molecule is C#C.C=CCCC/C=C\C=C/Cc1cccc(-c2c3c(c(-c4ccc(-c5ccc6cc7c(nc6c5)Cc5ccc(C)cc5-7)cc4)c4ccccc24)C=CCC=C3)c1. The number of terminal acetylenes is 1. The maximum atomic E-state index is 5.19. The Morgan fingerprint density at radius 3 is 2.14 bits per heavy atom. The van der Waals surface area contributed by atoms with Crippen LogP contribution in [0.3, 0.4) is 0 Å². The van der Waals surface area contributed by atoms with E-state index in [1.165, 1.54) is 94.2 Å². The predicted molar refractivity (Wildman–Crippen MR) is 247 cm³/mol. The van der Waals surface area contributed by atoms with E-state index in [0.29, 0.717) is 0 Å². The van der Waals surface area contributed by atoms with Crippen molar-refractivity contribution in [3.63, 3.8) is 0 Å². The number of rotatable bonds is 10. The Bertz CT molecular complexity index is 2760. The van der Waals surface area contributed by atoms with Gasteiger partial charge in [-0.2, -0.15) is 0 Å². The van der Waals surface area contributed by atoms with Gasteiger partial charge in [-0.15, -0.1) is 19.4 Å². The maximum absolute atomic E-state index is 5.19. The fourth-order valence-electron chi connectivity index (χ4n) is 8.45. The van der Waals surface area contributed by atoms with Gasteiger partial charge < -0.3 is 0 Å². The van der Waals surface area contributed by atoms with Crippen LogP contribution in [-0.4, -0.2) is 4.98 Å². The van der Waals surface area contributed by atoms with Gasteiger partial charge in [-0.25, -0.2) is 0 Å². The molecule has 1 aromatic heterocycles.